The first-order valence-corrected chi connectivity index (χ1v) is 10.0. The standard InChI is InChI=1S/C21H19ClN6O2/c1-26-8-10-27(11-9-26)14-3-5-15(6-4-14)28-17-12-13(22)2-7-16(17)23-18-19(28)24-21(30)25-20(18)29/h2-7,12H,8-11H2,1H3,(H,25,29,30). The van der Waals surface area contributed by atoms with Gasteiger partial charge in [0.25, 0.3) is 5.56 Å². The Bertz CT molecular complexity index is 1320. The second kappa shape index (κ2) is 7.23. The van der Waals surface area contributed by atoms with Gasteiger partial charge in [-0.25, -0.2) is 9.78 Å². The Morgan fingerprint density at radius 2 is 1.63 bits per heavy atom. The molecular formula is C21H19ClN6O2. The molecule has 2 aromatic carbocycles. The average Bonchev–Trinajstić information content (AvgIpc) is 2.73. The molecule has 0 aromatic heterocycles. The van der Waals surface area contributed by atoms with Gasteiger partial charge in [-0.2, -0.15) is 4.98 Å². The SMILES string of the molecule is CN1CCN(c2ccc(-n3c4nc(=O)[nH]c(=O)c-4nc4ccc(Cl)cc43)cc2)CC1. The lowest BCUT2D eigenvalue weighted by atomic mass is 10.2. The van der Waals surface area contributed by atoms with Crippen LogP contribution in [0, 0.1) is 0 Å². The predicted molar refractivity (Wildman–Crippen MR) is 117 cm³/mol. The summed E-state index contributed by atoms with van der Waals surface area (Å²) in [4.78, 5) is 39.6. The summed E-state index contributed by atoms with van der Waals surface area (Å²) in [6, 6.07) is 13.2. The van der Waals surface area contributed by atoms with Crippen molar-refractivity contribution in [3.05, 3.63) is 68.3 Å². The highest BCUT2D eigenvalue weighted by molar-refractivity contribution is 6.31. The quantitative estimate of drug-likeness (QED) is 0.497. The number of hydrogen-bond acceptors (Lipinski definition) is 6. The Morgan fingerprint density at radius 3 is 2.37 bits per heavy atom. The van der Waals surface area contributed by atoms with Gasteiger partial charge in [-0.1, -0.05) is 11.6 Å². The number of likely N-dealkylation sites (N-methyl/N-ethyl adjacent to an activating group) is 1. The van der Waals surface area contributed by atoms with E-state index in [-0.39, 0.29) is 11.5 Å². The molecule has 0 saturated carbocycles. The van der Waals surface area contributed by atoms with Crippen molar-refractivity contribution in [1.82, 2.24) is 24.4 Å². The molecule has 0 unspecified atom stereocenters. The maximum absolute atomic E-state index is 12.4. The molecule has 0 bridgehead atoms. The lowest BCUT2D eigenvalue weighted by Crippen LogP contribution is -2.44. The van der Waals surface area contributed by atoms with Gasteiger partial charge >= 0.3 is 5.69 Å². The first kappa shape index (κ1) is 18.8. The van der Waals surface area contributed by atoms with Crippen molar-refractivity contribution < 1.29 is 0 Å². The highest BCUT2D eigenvalue weighted by Crippen LogP contribution is 2.28. The number of halogens is 1. The summed E-state index contributed by atoms with van der Waals surface area (Å²) >= 11 is 6.23. The molecule has 3 aliphatic rings. The number of aromatic amines is 1. The molecule has 3 aliphatic heterocycles. The van der Waals surface area contributed by atoms with Crippen LogP contribution in [0.2, 0.25) is 5.02 Å². The molecule has 1 N–H and O–H groups in total. The van der Waals surface area contributed by atoms with Crippen molar-refractivity contribution in [1.29, 1.82) is 0 Å². The maximum atomic E-state index is 12.4. The van der Waals surface area contributed by atoms with Crippen molar-refractivity contribution in [2.75, 3.05) is 38.1 Å². The third-order valence-electron chi connectivity index (χ3n) is 5.45. The number of H-pyrrole nitrogens is 1. The minimum Gasteiger partial charge on any atom is -0.369 e. The smallest absolute Gasteiger partial charge is 0.349 e. The van der Waals surface area contributed by atoms with Crippen molar-refractivity contribution in [2.45, 2.75) is 0 Å². The summed E-state index contributed by atoms with van der Waals surface area (Å²) in [5.74, 6) is 0.200. The van der Waals surface area contributed by atoms with E-state index >= 15 is 0 Å². The van der Waals surface area contributed by atoms with E-state index in [9.17, 15) is 9.59 Å². The first-order valence-electron chi connectivity index (χ1n) is 9.66. The van der Waals surface area contributed by atoms with Gasteiger partial charge in [0.2, 0.25) is 0 Å². The van der Waals surface area contributed by atoms with Crippen LogP contribution in [0.5, 0.6) is 0 Å². The summed E-state index contributed by atoms with van der Waals surface area (Å²) in [7, 11) is 2.13. The molecule has 0 atom stereocenters. The number of benzene rings is 2. The van der Waals surface area contributed by atoms with Crippen molar-refractivity contribution >= 4 is 28.3 Å². The fourth-order valence-corrected chi connectivity index (χ4v) is 4.00. The zero-order chi connectivity index (χ0) is 20.8. The van der Waals surface area contributed by atoms with E-state index in [0.717, 1.165) is 37.6 Å². The molecule has 0 radical (unpaired) electrons. The van der Waals surface area contributed by atoms with Crippen LogP contribution in [-0.4, -0.2) is 57.6 Å². The Hall–Kier alpha value is -3.23. The van der Waals surface area contributed by atoms with E-state index in [0.29, 0.717) is 16.1 Å². The zero-order valence-electron chi connectivity index (χ0n) is 16.3. The molecule has 0 amide bonds. The summed E-state index contributed by atoms with van der Waals surface area (Å²) in [6.07, 6.45) is 0. The molecule has 30 heavy (non-hydrogen) atoms. The van der Waals surface area contributed by atoms with Crippen LogP contribution < -0.4 is 16.1 Å². The molecule has 1 saturated heterocycles. The number of nitrogens with zero attached hydrogens (tertiary/aromatic N) is 5. The van der Waals surface area contributed by atoms with Crippen LogP contribution in [0.25, 0.3) is 28.2 Å². The Morgan fingerprint density at radius 1 is 0.933 bits per heavy atom. The highest BCUT2D eigenvalue weighted by atomic mass is 35.5. The first-order chi connectivity index (χ1) is 14.5. The van der Waals surface area contributed by atoms with Crippen LogP contribution >= 0.6 is 11.6 Å². The lowest BCUT2D eigenvalue weighted by Gasteiger charge is -2.34. The van der Waals surface area contributed by atoms with Gasteiger partial charge in [0.1, 0.15) is 0 Å². The Labute approximate surface area is 176 Å². The molecule has 2 aromatic rings. The summed E-state index contributed by atoms with van der Waals surface area (Å²) in [5.41, 5.74) is 1.98. The molecule has 1 fully saturated rings. The van der Waals surface area contributed by atoms with Crippen molar-refractivity contribution in [3.63, 3.8) is 0 Å². The highest BCUT2D eigenvalue weighted by Gasteiger charge is 2.20. The fourth-order valence-electron chi connectivity index (χ4n) is 3.83. The van der Waals surface area contributed by atoms with Gasteiger partial charge in [-0.3, -0.25) is 14.3 Å². The van der Waals surface area contributed by atoms with E-state index in [4.69, 9.17) is 11.6 Å². The molecule has 3 heterocycles. The number of aromatic nitrogens is 4. The molecule has 5 rings (SSSR count). The normalized spacial score (nSPS) is 15.2. The third kappa shape index (κ3) is 3.24. The average molecular weight is 423 g/mol. The topological polar surface area (TPSA) is 87.1 Å². The Balaban J connectivity index is 1.69. The van der Waals surface area contributed by atoms with Gasteiger partial charge in [-0.05, 0) is 49.5 Å². The van der Waals surface area contributed by atoms with Gasteiger partial charge in [0.15, 0.2) is 11.5 Å². The van der Waals surface area contributed by atoms with E-state index in [1.54, 1.807) is 22.8 Å². The molecule has 0 spiro atoms. The number of rotatable bonds is 2. The molecule has 9 heteroatoms. The van der Waals surface area contributed by atoms with Gasteiger partial charge in [0.05, 0.1) is 11.0 Å². The van der Waals surface area contributed by atoms with Crippen molar-refractivity contribution in [3.8, 4) is 17.2 Å². The second-order valence-electron chi connectivity index (χ2n) is 7.43. The minimum absolute atomic E-state index is 0.104. The van der Waals surface area contributed by atoms with Gasteiger partial charge in [-0.15, -0.1) is 0 Å². The minimum atomic E-state index is -0.710. The molecule has 0 aliphatic carbocycles. The van der Waals surface area contributed by atoms with E-state index in [1.807, 2.05) is 24.3 Å². The largest absolute Gasteiger partial charge is 0.369 e. The third-order valence-corrected chi connectivity index (χ3v) is 5.69. The number of piperazine rings is 1. The van der Waals surface area contributed by atoms with Crippen LogP contribution in [0.1, 0.15) is 0 Å². The van der Waals surface area contributed by atoms with Crippen LogP contribution in [0.15, 0.2) is 52.1 Å². The molecular weight excluding hydrogens is 404 g/mol. The number of nitrogens with one attached hydrogen (secondary N) is 1. The zero-order valence-corrected chi connectivity index (χ0v) is 17.1. The predicted octanol–water partition coefficient (Wildman–Crippen LogP) is 1.98. The second-order valence-corrected chi connectivity index (χ2v) is 7.87. The van der Waals surface area contributed by atoms with Crippen molar-refractivity contribution in [2.24, 2.45) is 0 Å². The molecule has 152 valence electrons. The van der Waals surface area contributed by atoms with Gasteiger partial charge < -0.3 is 9.80 Å². The van der Waals surface area contributed by atoms with Crippen LogP contribution in [-0.2, 0) is 0 Å². The number of anilines is 1. The maximum Gasteiger partial charge on any atom is 0.349 e. The summed E-state index contributed by atoms with van der Waals surface area (Å²) < 4.78 is 1.76. The number of hydrogen-bond donors (Lipinski definition) is 1. The van der Waals surface area contributed by atoms with Crippen LogP contribution in [0.4, 0.5) is 5.69 Å². The molecule has 8 nitrogen and oxygen atoms in total. The van der Waals surface area contributed by atoms with E-state index < -0.39 is 11.2 Å². The Kier molecular flexibility index (Phi) is 4.52. The summed E-state index contributed by atoms with van der Waals surface area (Å²) in [5, 5.41) is 0.527. The van der Waals surface area contributed by atoms with E-state index in [1.165, 1.54) is 0 Å². The summed E-state index contributed by atoms with van der Waals surface area (Å²) in [6.45, 7) is 3.98. The number of fused-ring (bicyclic) bond motifs is 2. The lowest BCUT2D eigenvalue weighted by molar-refractivity contribution is 0.313. The van der Waals surface area contributed by atoms with E-state index in [2.05, 4.69) is 31.8 Å². The van der Waals surface area contributed by atoms with Crippen LogP contribution in [0.3, 0.4) is 0 Å². The fraction of sp³-hybridized carbons (Fsp3) is 0.238. The monoisotopic (exact) mass is 422 g/mol. The van der Waals surface area contributed by atoms with Gasteiger partial charge in [0, 0.05) is 42.6 Å².